The van der Waals surface area contributed by atoms with E-state index in [0.29, 0.717) is 0 Å². The number of amides is 2. The molecular weight excluding hydrogens is 288 g/mol. The average molecular weight is 306 g/mol. The van der Waals surface area contributed by atoms with Gasteiger partial charge in [0.15, 0.2) is 0 Å². The molecule has 0 spiro atoms. The van der Waals surface area contributed by atoms with Crippen molar-refractivity contribution in [1.82, 2.24) is 5.32 Å². The van der Waals surface area contributed by atoms with E-state index in [9.17, 15) is 14.4 Å². The lowest BCUT2D eigenvalue weighted by molar-refractivity contribution is 0.0587. The minimum absolute atomic E-state index is 0.127. The van der Waals surface area contributed by atoms with E-state index in [1.165, 1.54) is 38.6 Å². The lowest BCUT2D eigenvalue weighted by Gasteiger charge is -2.11. The summed E-state index contributed by atoms with van der Waals surface area (Å²) in [5, 5.41) is 4.99. The highest BCUT2D eigenvalue weighted by Crippen LogP contribution is 2.19. The van der Waals surface area contributed by atoms with Gasteiger partial charge in [0.1, 0.15) is 0 Å². The fourth-order valence-electron chi connectivity index (χ4n) is 1.55. The van der Waals surface area contributed by atoms with Crippen molar-refractivity contribution in [3.05, 3.63) is 41.1 Å². The van der Waals surface area contributed by atoms with Crippen LogP contribution in [0.4, 0.5) is 10.5 Å². The second kappa shape index (κ2) is 7.82. The van der Waals surface area contributed by atoms with Crippen LogP contribution in [-0.2, 0) is 9.47 Å². The molecule has 0 fully saturated rings. The van der Waals surface area contributed by atoms with Gasteiger partial charge in [0, 0.05) is 6.20 Å². The lowest BCUT2D eigenvalue weighted by atomic mass is 10.1. The van der Waals surface area contributed by atoms with E-state index in [1.54, 1.807) is 0 Å². The van der Waals surface area contributed by atoms with Gasteiger partial charge in [-0.2, -0.15) is 0 Å². The van der Waals surface area contributed by atoms with Gasteiger partial charge in [-0.05, 0) is 32.0 Å². The molecule has 0 heterocycles. The molecular formula is C15H18N2O5. The molecule has 22 heavy (non-hydrogen) atoms. The van der Waals surface area contributed by atoms with Crippen molar-refractivity contribution in [2.75, 3.05) is 19.5 Å². The van der Waals surface area contributed by atoms with Crippen molar-refractivity contribution in [3.8, 4) is 0 Å². The summed E-state index contributed by atoms with van der Waals surface area (Å²) in [6, 6.07) is 3.60. The normalized spacial score (nSPS) is 9.45. The van der Waals surface area contributed by atoms with E-state index < -0.39 is 18.0 Å². The number of methoxy groups -OCH3 is 2. The standard InChI is InChI=1S/C15H18N2O5/c1-9(2)8-16-15(20)17-12-7-10(13(18)21-3)5-6-11(12)14(19)22-4/h5-8H,1-4H3,(H2,16,17,20). The molecule has 2 amide bonds. The number of hydrogen-bond donors (Lipinski definition) is 2. The zero-order chi connectivity index (χ0) is 16.7. The van der Waals surface area contributed by atoms with Crippen molar-refractivity contribution in [2.45, 2.75) is 13.8 Å². The Labute approximate surface area is 128 Å². The number of carbonyl (C=O) groups is 3. The van der Waals surface area contributed by atoms with E-state index >= 15 is 0 Å². The number of anilines is 1. The van der Waals surface area contributed by atoms with Crippen LogP contribution in [0.15, 0.2) is 30.0 Å². The highest BCUT2D eigenvalue weighted by Gasteiger charge is 2.17. The van der Waals surface area contributed by atoms with Crippen molar-refractivity contribution in [3.63, 3.8) is 0 Å². The molecule has 1 aromatic carbocycles. The molecule has 0 aliphatic carbocycles. The largest absolute Gasteiger partial charge is 0.465 e. The van der Waals surface area contributed by atoms with Gasteiger partial charge in [0.2, 0.25) is 0 Å². The molecule has 7 nitrogen and oxygen atoms in total. The first-order valence-electron chi connectivity index (χ1n) is 6.40. The van der Waals surface area contributed by atoms with Gasteiger partial charge in [-0.3, -0.25) is 0 Å². The Morgan fingerprint density at radius 3 is 2.23 bits per heavy atom. The van der Waals surface area contributed by atoms with Crippen molar-refractivity contribution in [2.24, 2.45) is 0 Å². The van der Waals surface area contributed by atoms with Gasteiger partial charge < -0.3 is 20.1 Å². The SMILES string of the molecule is COC(=O)c1ccc(C(=O)OC)c(NC(=O)NC=C(C)C)c1. The van der Waals surface area contributed by atoms with E-state index in [1.807, 2.05) is 13.8 Å². The Morgan fingerprint density at radius 2 is 1.68 bits per heavy atom. The van der Waals surface area contributed by atoms with E-state index in [4.69, 9.17) is 0 Å². The van der Waals surface area contributed by atoms with E-state index in [0.717, 1.165) is 5.57 Å². The molecule has 0 aromatic heterocycles. The number of rotatable bonds is 4. The summed E-state index contributed by atoms with van der Waals surface area (Å²) in [6.45, 7) is 3.63. The fraction of sp³-hybridized carbons (Fsp3) is 0.267. The molecule has 0 atom stereocenters. The molecule has 0 aliphatic heterocycles. The van der Waals surface area contributed by atoms with Crippen molar-refractivity contribution in [1.29, 1.82) is 0 Å². The number of esters is 2. The maximum atomic E-state index is 11.8. The molecule has 0 bridgehead atoms. The predicted octanol–water partition coefficient (Wildman–Crippen LogP) is 2.31. The fourth-order valence-corrected chi connectivity index (χ4v) is 1.55. The number of carbonyl (C=O) groups excluding carboxylic acids is 3. The quantitative estimate of drug-likeness (QED) is 0.832. The molecule has 0 radical (unpaired) electrons. The summed E-state index contributed by atoms with van der Waals surface area (Å²) in [6.07, 6.45) is 1.51. The van der Waals surface area contributed by atoms with Gasteiger partial charge in [0.05, 0.1) is 31.0 Å². The maximum absolute atomic E-state index is 11.8. The van der Waals surface area contributed by atoms with Crippen molar-refractivity contribution >= 4 is 23.7 Å². The monoisotopic (exact) mass is 306 g/mol. The highest BCUT2D eigenvalue weighted by molar-refractivity contribution is 6.03. The first-order chi connectivity index (χ1) is 10.4. The Hall–Kier alpha value is -2.83. The minimum Gasteiger partial charge on any atom is -0.465 e. The second-order valence-corrected chi connectivity index (χ2v) is 4.56. The molecule has 0 saturated heterocycles. The third-order valence-electron chi connectivity index (χ3n) is 2.59. The first-order valence-corrected chi connectivity index (χ1v) is 6.40. The lowest BCUT2D eigenvalue weighted by Crippen LogP contribution is -2.25. The van der Waals surface area contributed by atoms with E-state index in [2.05, 4.69) is 20.1 Å². The summed E-state index contributed by atoms with van der Waals surface area (Å²) in [5.41, 5.74) is 1.37. The molecule has 7 heteroatoms. The smallest absolute Gasteiger partial charge is 0.339 e. The van der Waals surface area contributed by atoms with Crippen LogP contribution in [-0.4, -0.2) is 32.2 Å². The number of hydrogen-bond acceptors (Lipinski definition) is 5. The van der Waals surface area contributed by atoms with Gasteiger partial charge in [0.25, 0.3) is 0 Å². The number of ether oxygens (including phenoxy) is 2. The predicted molar refractivity (Wildman–Crippen MR) is 80.7 cm³/mol. The van der Waals surface area contributed by atoms with Crippen LogP contribution in [0.5, 0.6) is 0 Å². The molecule has 1 rings (SSSR count). The molecule has 0 unspecified atom stereocenters. The third kappa shape index (κ3) is 4.62. The molecule has 118 valence electrons. The summed E-state index contributed by atoms with van der Waals surface area (Å²) in [4.78, 5) is 35.0. The summed E-state index contributed by atoms with van der Waals surface area (Å²) in [5.74, 6) is -1.21. The zero-order valence-corrected chi connectivity index (χ0v) is 12.9. The van der Waals surface area contributed by atoms with E-state index in [-0.39, 0.29) is 16.8 Å². The van der Waals surface area contributed by atoms with Gasteiger partial charge in [-0.25, -0.2) is 14.4 Å². The third-order valence-corrected chi connectivity index (χ3v) is 2.59. The molecule has 2 N–H and O–H groups in total. The summed E-state index contributed by atoms with van der Waals surface area (Å²) >= 11 is 0. The van der Waals surface area contributed by atoms with Gasteiger partial charge in [-0.15, -0.1) is 0 Å². The summed E-state index contributed by atoms with van der Waals surface area (Å²) in [7, 11) is 2.47. The molecule has 0 aliphatic rings. The van der Waals surface area contributed by atoms with Crippen LogP contribution >= 0.6 is 0 Å². The van der Waals surface area contributed by atoms with Crippen LogP contribution in [0, 0.1) is 0 Å². The number of allylic oxidation sites excluding steroid dienone is 1. The van der Waals surface area contributed by atoms with Crippen LogP contribution in [0.25, 0.3) is 0 Å². The van der Waals surface area contributed by atoms with Crippen LogP contribution in [0.3, 0.4) is 0 Å². The molecule has 0 saturated carbocycles. The van der Waals surface area contributed by atoms with Crippen LogP contribution < -0.4 is 10.6 Å². The minimum atomic E-state index is -0.631. The Bertz CT molecular complexity index is 618. The number of nitrogens with one attached hydrogen (secondary N) is 2. The highest BCUT2D eigenvalue weighted by atomic mass is 16.5. The second-order valence-electron chi connectivity index (χ2n) is 4.56. The Balaban J connectivity index is 3.11. The summed E-state index contributed by atoms with van der Waals surface area (Å²) < 4.78 is 9.25. The molecule has 1 aromatic rings. The van der Waals surface area contributed by atoms with Gasteiger partial charge in [-0.1, -0.05) is 5.57 Å². The van der Waals surface area contributed by atoms with Gasteiger partial charge >= 0.3 is 18.0 Å². The average Bonchev–Trinajstić information content (AvgIpc) is 2.51. The maximum Gasteiger partial charge on any atom is 0.339 e. The Kier molecular flexibility index (Phi) is 6.12. The Morgan fingerprint density at radius 1 is 1.05 bits per heavy atom. The van der Waals surface area contributed by atoms with Crippen LogP contribution in [0.1, 0.15) is 34.6 Å². The number of urea groups is 1. The zero-order valence-electron chi connectivity index (χ0n) is 12.9. The number of benzene rings is 1. The first kappa shape index (κ1) is 17.2. The topological polar surface area (TPSA) is 93.7 Å². The van der Waals surface area contributed by atoms with Crippen LogP contribution in [0.2, 0.25) is 0 Å². The van der Waals surface area contributed by atoms with Crippen molar-refractivity contribution < 1.29 is 23.9 Å².